The van der Waals surface area contributed by atoms with E-state index in [1.165, 1.54) is 60.3 Å². The van der Waals surface area contributed by atoms with Crippen molar-refractivity contribution in [2.24, 2.45) is 0 Å². The molecule has 1 aromatic heterocycles. The first kappa shape index (κ1) is 33.7. The average molecular weight is 754 g/mol. The molecule has 0 N–H and O–H groups in total. The highest BCUT2D eigenvalue weighted by Gasteiger charge is 2.36. The summed E-state index contributed by atoms with van der Waals surface area (Å²) >= 11 is 0. The van der Waals surface area contributed by atoms with Gasteiger partial charge in [0, 0.05) is 38.5 Å². The molecule has 0 bridgehead atoms. The summed E-state index contributed by atoms with van der Waals surface area (Å²) in [4.78, 5) is 2.47. The van der Waals surface area contributed by atoms with Crippen LogP contribution in [0, 0.1) is 0 Å². The van der Waals surface area contributed by atoms with Gasteiger partial charge in [-0.3, -0.25) is 0 Å². The summed E-state index contributed by atoms with van der Waals surface area (Å²) in [5.41, 5.74) is 14.9. The highest BCUT2D eigenvalue weighted by atomic mass is 16.3. The summed E-state index contributed by atoms with van der Waals surface area (Å²) in [6.45, 7) is 4.72. The Balaban J connectivity index is 1.20. The van der Waals surface area contributed by atoms with Crippen molar-refractivity contribution in [1.82, 2.24) is 0 Å². The number of hydrogen-bond donors (Lipinski definition) is 0. The van der Waals surface area contributed by atoms with E-state index in [1.807, 2.05) is 0 Å². The van der Waals surface area contributed by atoms with Gasteiger partial charge in [-0.2, -0.15) is 0 Å². The van der Waals surface area contributed by atoms with Crippen LogP contribution in [0.4, 0.5) is 17.1 Å². The zero-order valence-electron chi connectivity index (χ0n) is 32.9. The lowest BCUT2D eigenvalue weighted by Crippen LogP contribution is -2.17. The molecule has 0 radical (unpaired) electrons. The molecule has 11 aromatic rings. The van der Waals surface area contributed by atoms with Crippen molar-refractivity contribution in [3.05, 3.63) is 211 Å². The van der Waals surface area contributed by atoms with E-state index in [1.54, 1.807) is 0 Å². The quantitative estimate of drug-likeness (QED) is 0.163. The zero-order valence-corrected chi connectivity index (χ0v) is 32.9. The Labute approximate surface area is 343 Å². The van der Waals surface area contributed by atoms with E-state index >= 15 is 0 Å². The van der Waals surface area contributed by atoms with Crippen molar-refractivity contribution < 1.29 is 4.42 Å². The lowest BCUT2D eigenvalue weighted by molar-refractivity contribution is 0.660. The van der Waals surface area contributed by atoms with Gasteiger partial charge in [0.2, 0.25) is 0 Å². The van der Waals surface area contributed by atoms with Gasteiger partial charge in [-0.1, -0.05) is 172 Å². The van der Waals surface area contributed by atoms with Gasteiger partial charge < -0.3 is 9.32 Å². The molecule has 1 aliphatic carbocycles. The molecule has 1 aliphatic rings. The van der Waals surface area contributed by atoms with Gasteiger partial charge in [0.25, 0.3) is 0 Å². The van der Waals surface area contributed by atoms with Gasteiger partial charge in [0.05, 0.1) is 5.69 Å². The molecule has 0 saturated carbocycles. The SMILES string of the molecule is CC1(C)c2ccccc2-c2ccc(N(c3ccc(-c4ccccc4)cc3)c3ccc4oc5c6ccccc6c6ccccc6c5c4c3-c3ccc4ccccc4c3)cc21. The smallest absolute Gasteiger partial charge is 0.143 e. The predicted molar refractivity (Wildman–Crippen MR) is 249 cm³/mol. The number of nitrogens with zero attached hydrogens (tertiary/aromatic N) is 1. The Morgan fingerprint density at radius 1 is 0.407 bits per heavy atom. The van der Waals surface area contributed by atoms with E-state index < -0.39 is 0 Å². The van der Waals surface area contributed by atoms with Crippen LogP contribution in [-0.4, -0.2) is 0 Å². The van der Waals surface area contributed by atoms with Crippen molar-refractivity contribution >= 4 is 71.3 Å². The summed E-state index contributed by atoms with van der Waals surface area (Å²) in [6.07, 6.45) is 0. The van der Waals surface area contributed by atoms with Gasteiger partial charge in [0.15, 0.2) is 0 Å². The van der Waals surface area contributed by atoms with Crippen LogP contribution in [-0.2, 0) is 5.41 Å². The summed E-state index contributed by atoms with van der Waals surface area (Å²) in [5.74, 6) is 0. The van der Waals surface area contributed by atoms with Crippen molar-refractivity contribution in [3.63, 3.8) is 0 Å². The molecule has 10 aromatic carbocycles. The van der Waals surface area contributed by atoms with E-state index in [2.05, 4.69) is 219 Å². The fraction of sp³-hybridized carbons (Fsp3) is 0.0526. The molecule has 278 valence electrons. The fourth-order valence-corrected chi connectivity index (χ4v) is 9.99. The second-order valence-electron chi connectivity index (χ2n) is 16.4. The molecule has 0 spiro atoms. The third-order valence-corrected chi connectivity index (χ3v) is 12.8. The van der Waals surface area contributed by atoms with Gasteiger partial charge in [-0.25, -0.2) is 0 Å². The van der Waals surface area contributed by atoms with Crippen LogP contribution in [0.1, 0.15) is 25.0 Å². The van der Waals surface area contributed by atoms with E-state index in [0.717, 1.165) is 55.5 Å². The molecule has 0 atom stereocenters. The molecular weight excluding hydrogens is 715 g/mol. The molecule has 0 unspecified atom stereocenters. The van der Waals surface area contributed by atoms with E-state index in [4.69, 9.17) is 4.42 Å². The lowest BCUT2D eigenvalue weighted by atomic mass is 9.82. The number of rotatable bonds is 5. The Morgan fingerprint density at radius 3 is 1.83 bits per heavy atom. The lowest BCUT2D eigenvalue weighted by Gasteiger charge is -2.30. The van der Waals surface area contributed by atoms with E-state index in [9.17, 15) is 0 Å². The largest absolute Gasteiger partial charge is 0.455 e. The Bertz CT molecular complexity index is 3460. The van der Waals surface area contributed by atoms with Gasteiger partial charge in [-0.15, -0.1) is 0 Å². The number of benzene rings is 10. The third-order valence-electron chi connectivity index (χ3n) is 12.8. The second-order valence-corrected chi connectivity index (χ2v) is 16.4. The number of anilines is 3. The Morgan fingerprint density at radius 2 is 1.02 bits per heavy atom. The first-order valence-electron chi connectivity index (χ1n) is 20.5. The highest BCUT2D eigenvalue weighted by Crippen LogP contribution is 2.53. The summed E-state index contributed by atoms with van der Waals surface area (Å²) in [5, 5.41) is 9.41. The average Bonchev–Trinajstić information content (AvgIpc) is 3.80. The van der Waals surface area contributed by atoms with Crippen molar-refractivity contribution in [2.75, 3.05) is 4.90 Å². The minimum absolute atomic E-state index is 0.156. The maximum Gasteiger partial charge on any atom is 0.143 e. The summed E-state index contributed by atoms with van der Waals surface area (Å²) < 4.78 is 7.04. The maximum atomic E-state index is 7.04. The molecule has 2 nitrogen and oxygen atoms in total. The third kappa shape index (κ3) is 5.06. The number of furan rings is 1. The molecule has 0 fully saturated rings. The first-order chi connectivity index (χ1) is 29.0. The van der Waals surface area contributed by atoms with Crippen molar-refractivity contribution in [1.29, 1.82) is 0 Å². The van der Waals surface area contributed by atoms with Crippen LogP contribution in [0.25, 0.3) is 87.6 Å². The first-order valence-corrected chi connectivity index (χ1v) is 20.5. The zero-order chi connectivity index (χ0) is 39.2. The van der Waals surface area contributed by atoms with Crippen molar-refractivity contribution in [2.45, 2.75) is 19.3 Å². The van der Waals surface area contributed by atoms with Crippen LogP contribution >= 0.6 is 0 Å². The van der Waals surface area contributed by atoms with Gasteiger partial charge in [0.1, 0.15) is 11.2 Å². The Hall–Kier alpha value is -7.42. The molecule has 0 aliphatic heterocycles. The number of fused-ring (bicyclic) bond motifs is 12. The number of hydrogen-bond acceptors (Lipinski definition) is 2. The van der Waals surface area contributed by atoms with E-state index in [-0.39, 0.29) is 5.41 Å². The topological polar surface area (TPSA) is 16.4 Å². The molecular formula is C57H39NO. The highest BCUT2D eigenvalue weighted by molar-refractivity contribution is 6.33. The van der Waals surface area contributed by atoms with Crippen LogP contribution < -0.4 is 4.90 Å². The Kier molecular flexibility index (Phi) is 7.31. The molecule has 12 rings (SSSR count). The summed E-state index contributed by atoms with van der Waals surface area (Å²) in [6, 6.07) is 73.2. The summed E-state index contributed by atoms with van der Waals surface area (Å²) in [7, 11) is 0. The fourth-order valence-electron chi connectivity index (χ4n) is 9.99. The minimum atomic E-state index is -0.156. The standard InChI is InChI=1S/C57H39NO/c1-57(2)49-23-13-12-20-45(49)46-31-30-42(35-50(46)57)58(41-28-26-38(27-29-41)36-14-4-3-5-15-36)51-32-33-52-55(53(51)40-25-24-37-16-6-7-17-39(37)34-40)54-47-21-10-8-18-43(47)44-19-9-11-22-48(44)56(54)59-52/h3-35H,1-2H3. The van der Waals surface area contributed by atoms with Gasteiger partial charge in [-0.05, 0) is 108 Å². The molecule has 0 amide bonds. The minimum Gasteiger partial charge on any atom is -0.455 e. The molecule has 2 heteroatoms. The van der Waals surface area contributed by atoms with Crippen LogP contribution in [0.2, 0.25) is 0 Å². The normalized spacial score (nSPS) is 13.1. The van der Waals surface area contributed by atoms with Crippen LogP contribution in [0.3, 0.4) is 0 Å². The maximum absolute atomic E-state index is 7.04. The van der Waals surface area contributed by atoms with Gasteiger partial charge >= 0.3 is 0 Å². The second kappa shape index (κ2) is 12.8. The monoisotopic (exact) mass is 753 g/mol. The van der Waals surface area contributed by atoms with Crippen LogP contribution in [0.15, 0.2) is 205 Å². The molecule has 0 saturated heterocycles. The van der Waals surface area contributed by atoms with Crippen LogP contribution in [0.5, 0.6) is 0 Å². The van der Waals surface area contributed by atoms with E-state index in [0.29, 0.717) is 0 Å². The van der Waals surface area contributed by atoms with Crippen molar-refractivity contribution in [3.8, 4) is 33.4 Å². The predicted octanol–water partition coefficient (Wildman–Crippen LogP) is 16.2. The molecule has 1 heterocycles. The molecule has 59 heavy (non-hydrogen) atoms.